The van der Waals surface area contributed by atoms with Crippen LogP contribution in [0.1, 0.15) is 18.4 Å². The van der Waals surface area contributed by atoms with Gasteiger partial charge in [0.25, 0.3) is 0 Å². The smallest absolute Gasteiger partial charge is 0.250 e. The first-order chi connectivity index (χ1) is 13.0. The Bertz CT molecular complexity index is 776. The molecule has 1 aromatic heterocycles. The minimum absolute atomic E-state index is 0.0217. The number of carbonyl (C=O) groups excluding carboxylic acids is 2. The van der Waals surface area contributed by atoms with Crippen LogP contribution < -0.4 is 4.74 Å². The molecule has 1 fully saturated rings. The Morgan fingerprint density at radius 2 is 1.85 bits per heavy atom. The monoisotopic (exact) mass is 370 g/mol. The number of rotatable bonds is 5. The zero-order chi connectivity index (χ0) is 19.4. The summed E-state index contributed by atoms with van der Waals surface area (Å²) in [6, 6.07) is 9.36. The molecule has 3 rings (SSSR count). The van der Waals surface area contributed by atoms with Gasteiger partial charge in [-0.2, -0.15) is 5.10 Å². The Hall–Kier alpha value is -2.83. The molecular weight excluding hydrogens is 344 g/mol. The van der Waals surface area contributed by atoms with E-state index >= 15 is 0 Å². The minimum Gasteiger partial charge on any atom is -0.497 e. The number of amides is 2. The molecule has 27 heavy (non-hydrogen) atoms. The van der Waals surface area contributed by atoms with Gasteiger partial charge in [-0.05, 0) is 36.6 Å². The van der Waals surface area contributed by atoms with Crippen molar-refractivity contribution in [2.45, 2.75) is 24.8 Å². The van der Waals surface area contributed by atoms with Crippen molar-refractivity contribution in [3.63, 3.8) is 0 Å². The molecule has 0 saturated carbocycles. The number of methoxy groups -OCH3 is 1. The van der Waals surface area contributed by atoms with E-state index < -0.39 is 5.54 Å². The summed E-state index contributed by atoms with van der Waals surface area (Å²) in [4.78, 5) is 29.0. The Kier molecular flexibility index (Phi) is 5.48. The number of likely N-dealkylation sites (tertiary alicyclic amines) is 1. The number of carbonyl (C=O) groups is 2. The fraction of sp³-hybridized carbons (Fsp3) is 0.450. The molecule has 0 bridgehead atoms. The van der Waals surface area contributed by atoms with Gasteiger partial charge in [-0.1, -0.05) is 12.1 Å². The molecule has 2 aromatic rings. The molecule has 1 aliphatic heterocycles. The van der Waals surface area contributed by atoms with E-state index in [2.05, 4.69) is 5.10 Å². The molecule has 0 aliphatic carbocycles. The topological polar surface area (TPSA) is 67.7 Å². The van der Waals surface area contributed by atoms with Gasteiger partial charge in [0.05, 0.1) is 13.5 Å². The largest absolute Gasteiger partial charge is 0.497 e. The number of nitrogens with zero attached hydrogens (tertiary/aromatic N) is 4. The molecule has 1 aliphatic rings. The molecule has 2 amide bonds. The normalized spacial score (nSPS) is 16.0. The second-order valence-corrected chi connectivity index (χ2v) is 7.09. The van der Waals surface area contributed by atoms with Crippen LogP contribution in [-0.2, 0) is 21.5 Å². The highest BCUT2D eigenvalue weighted by molar-refractivity contribution is 5.85. The number of hydrogen-bond donors (Lipinski definition) is 0. The summed E-state index contributed by atoms with van der Waals surface area (Å²) >= 11 is 0. The third kappa shape index (κ3) is 3.82. The van der Waals surface area contributed by atoms with Gasteiger partial charge in [0.15, 0.2) is 0 Å². The second-order valence-electron chi connectivity index (χ2n) is 7.09. The van der Waals surface area contributed by atoms with E-state index in [-0.39, 0.29) is 11.8 Å². The van der Waals surface area contributed by atoms with Crippen LogP contribution >= 0.6 is 0 Å². The number of ether oxygens (including phenoxy) is 1. The predicted molar refractivity (Wildman–Crippen MR) is 101 cm³/mol. The second kappa shape index (κ2) is 7.82. The lowest BCUT2D eigenvalue weighted by Crippen LogP contribution is -2.56. The number of likely N-dealkylation sites (N-methyl/N-ethyl adjacent to an activating group) is 1. The molecule has 7 nitrogen and oxygen atoms in total. The maximum atomic E-state index is 12.9. The average Bonchev–Trinajstić information content (AvgIpc) is 3.23. The average molecular weight is 370 g/mol. The summed E-state index contributed by atoms with van der Waals surface area (Å²) in [7, 11) is 5.14. The van der Waals surface area contributed by atoms with Crippen LogP contribution in [0.15, 0.2) is 42.7 Å². The van der Waals surface area contributed by atoms with Crippen molar-refractivity contribution in [2.75, 3.05) is 34.3 Å². The minimum atomic E-state index is -0.718. The third-order valence-electron chi connectivity index (χ3n) is 5.20. The molecule has 0 atom stereocenters. The number of benzene rings is 1. The van der Waals surface area contributed by atoms with Crippen LogP contribution in [0.2, 0.25) is 0 Å². The fourth-order valence-electron chi connectivity index (χ4n) is 3.64. The third-order valence-corrected chi connectivity index (χ3v) is 5.20. The zero-order valence-corrected chi connectivity index (χ0v) is 16.1. The van der Waals surface area contributed by atoms with E-state index in [1.165, 1.54) is 0 Å². The number of aromatic nitrogens is 2. The van der Waals surface area contributed by atoms with E-state index in [0.717, 1.165) is 11.3 Å². The van der Waals surface area contributed by atoms with Gasteiger partial charge in [0, 0.05) is 39.6 Å². The first kappa shape index (κ1) is 18.9. The first-order valence-electron chi connectivity index (χ1n) is 9.09. The molecular formula is C20H26N4O3. The Morgan fingerprint density at radius 1 is 1.19 bits per heavy atom. The SMILES string of the molecule is COc1ccc(CC(=O)N2CCC(C(=O)N(C)C)(n3cccn3)CC2)cc1. The highest BCUT2D eigenvalue weighted by atomic mass is 16.5. The van der Waals surface area contributed by atoms with Crippen molar-refractivity contribution in [1.82, 2.24) is 19.6 Å². The van der Waals surface area contributed by atoms with Gasteiger partial charge in [-0.3, -0.25) is 14.3 Å². The Labute approximate surface area is 159 Å². The summed E-state index contributed by atoms with van der Waals surface area (Å²) in [5.41, 5.74) is 0.234. The molecule has 0 spiro atoms. The van der Waals surface area contributed by atoms with Crippen LogP contribution in [0.25, 0.3) is 0 Å². The van der Waals surface area contributed by atoms with Crippen LogP contribution in [0.4, 0.5) is 0 Å². The van der Waals surface area contributed by atoms with Crippen LogP contribution in [0.3, 0.4) is 0 Å². The van der Waals surface area contributed by atoms with Crippen molar-refractivity contribution < 1.29 is 14.3 Å². The summed E-state index contributed by atoms with van der Waals surface area (Å²) in [5.74, 6) is 0.871. The summed E-state index contributed by atoms with van der Waals surface area (Å²) in [6.07, 6.45) is 4.97. The van der Waals surface area contributed by atoms with E-state index in [9.17, 15) is 9.59 Å². The summed E-state index contributed by atoms with van der Waals surface area (Å²) in [5, 5.41) is 4.32. The molecule has 0 radical (unpaired) electrons. The maximum Gasteiger partial charge on any atom is 0.250 e. The van der Waals surface area contributed by atoms with E-state index in [1.54, 1.807) is 37.0 Å². The predicted octanol–water partition coefficient (Wildman–Crippen LogP) is 1.54. The quantitative estimate of drug-likeness (QED) is 0.801. The molecule has 0 unspecified atom stereocenters. The van der Waals surface area contributed by atoms with E-state index in [1.807, 2.05) is 41.4 Å². The van der Waals surface area contributed by atoms with Crippen molar-refractivity contribution in [3.8, 4) is 5.75 Å². The molecule has 144 valence electrons. The van der Waals surface area contributed by atoms with Crippen molar-refractivity contribution >= 4 is 11.8 Å². The standard InChI is InChI=1S/C20H26N4O3/c1-22(2)19(26)20(24-12-4-11-21-24)9-13-23(14-10-20)18(25)15-16-5-7-17(27-3)8-6-16/h4-8,11-12H,9-10,13-15H2,1-3H3. The van der Waals surface area contributed by atoms with E-state index in [0.29, 0.717) is 32.4 Å². The van der Waals surface area contributed by atoms with Gasteiger partial charge in [-0.25, -0.2) is 0 Å². The lowest BCUT2D eigenvalue weighted by Gasteiger charge is -2.42. The van der Waals surface area contributed by atoms with Gasteiger partial charge in [0.2, 0.25) is 11.8 Å². The summed E-state index contributed by atoms with van der Waals surface area (Å²) in [6.45, 7) is 1.07. The lowest BCUT2D eigenvalue weighted by atomic mass is 9.86. The van der Waals surface area contributed by atoms with Gasteiger partial charge < -0.3 is 14.5 Å². The van der Waals surface area contributed by atoms with Gasteiger partial charge >= 0.3 is 0 Å². The fourth-order valence-corrected chi connectivity index (χ4v) is 3.64. The van der Waals surface area contributed by atoms with Crippen molar-refractivity contribution in [2.24, 2.45) is 0 Å². The van der Waals surface area contributed by atoms with Gasteiger partial charge in [-0.15, -0.1) is 0 Å². The Balaban J connectivity index is 1.68. The highest BCUT2D eigenvalue weighted by Gasteiger charge is 2.45. The first-order valence-corrected chi connectivity index (χ1v) is 9.09. The lowest BCUT2D eigenvalue weighted by molar-refractivity contribution is -0.145. The van der Waals surface area contributed by atoms with Crippen LogP contribution in [0, 0.1) is 0 Å². The number of hydrogen-bond acceptors (Lipinski definition) is 4. The molecule has 2 heterocycles. The highest BCUT2D eigenvalue weighted by Crippen LogP contribution is 2.31. The van der Waals surface area contributed by atoms with Crippen molar-refractivity contribution in [1.29, 1.82) is 0 Å². The maximum absolute atomic E-state index is 12.9. The number of piperidine rings is 1. The van der Waals surface area contributed by atoms with Crippen molar-refractivity contribution in [3.05, 3.63) is 48.3 Å². The summed E-state index contributed by atoms with van der Waals surface area (Å²) < 4.78 is 6.90. The van der Waals surface area contributed by atoms with E-state index in [4.69, 9.17) is 4.74 Å². The molecule has 1 saturated heterocycles. The molecule has 7 heteroatoms. The van der Waals surface area contributed by atoms with Gasteiger partial charge in [0.1, 0.15) is 11.3 Å². The Morgan fingerprint density at radius 3 is 2.37 bits per heavy atom. The van der Waals surface area contributed by atoms with Crippen LogP contribution in [-0.4, -0.2) is 65.7 Å². The zero-order valence-electron chi connectivity index (χ0n) is 16.1. The molecule has 1 aromatic carbocycles. The van der Waals surface area contributed by atoms with Crippen LogP contribution in [0.5, 0.6) is 5.75 Å². The molecule has 0 N–H and O–H groups in total.